The molecule has 0 aliphatic rings. The van der Waals surface area contributed by atoms with E-state index in [4.69, 9.17) is 4.42 Å². The zero-order valence-corrected chi connectivity index (χ0v) is 13.7. The summed E-state index contributed by atoms with van der Waals surface area (Å²) >= 11 is 0. The van der Waals surface area contributed by atoms with Crippen LogP contribution in [0, 0.1) is 6.92 Å². The molecule has 4 nitrogen and oxygen atoms in total. The van der Waals surface area contributed by atoms with E-state index in [1.165, 1.54) is 5.56 Å². The van der Waals surface area contributed by atoms with Crippen molar-refractivity contribution in [1.82, 2.24) is 10.2 Å². The maximum Gasteiger partial charge on any atom is 0.248 e. The Balaban J connectivity index is 1.67. The summed E-state index contributed by atoms with van der Waals surface area (Å²) in [7, 11) is 0. The van der Waals surface area contributed by atoms with Gasteiger partial charge in [-0.25, -0.2) is 0 Å². The molecule has 23 heavy (non-hydrogen) atoms. The second-order valence-corrected chi connectivity index (χ2v) is 5.95. The molecule has 0 aliphatic heterocycles. The average molecular weight is 307 g/mol. The molecule has 1 aromatic heterocycles. The fourth-order valence-corrected chi connectivity index (χ4v) is 2.41. The standard InChI is InChI=1S/C19H21N3O/c1-13(2)15-8-10-16(11-9-15)20-12-18-21-22-19(23-18)17-7-5-4-6-14(17)3/h4-11,13,20H,12H2,1-3H3. The van der Waals surface area contributed by atoms with Crippen LogP contribution in [0.2, 0.25) is 0 Å². The fraction of sp³-hybridized carbons (Fsp3) is 0.263. The van der Waals surface area contributed by atoms with Gasteiger partial charge in [-0.1, -0.05) is 44.2 Å². The Morgan fingerprint density at radius 1 is 1.00 bits per heavy atom. The van der Waals surface area contributed by atoms with E-state index < -0.39 is 0 Å². The van der Waals surface area contributed by atoms with Gasteiger partial charge in [0.1, 0.15) is 0 Å². The molecule has 0 unspecified atom stereocenters. The van der Waals surface area contributed by atoms with Gasteiger partial charge in [0, 0.05) is 11.3 Å². The lowest BCUT2D eigenvalue weighted by atomic mass is 10.0. The summed E-state index contributed by atoms with van der Waals surface area (Å²) in [5.41, 5.74) is 4.48. The van der Waals surface area contributed by atoms with Crippen LogP contribution in [0.4, 0.5) is 5.69 Å². The zero-order chi connectivity index (χ0) is 16.2. The van der Waals surface area contributed by atoms with Gasteiger partial charge in [0.25, 0.3) is 0 Å². The molecular weight excluding hydrogens is 286 g/mol. The molecule has 0 saturated heterocycles. The number of benzene rings is 2. The van der Waals surface area contributed by atoms with Crippen molar-refractivity contribution >= 4 is 5.69 Å². The Morgan fingerprint density at radius 2 is 1.74 bits per heavy atom. The van der Waals surface area contributed by atoms with Crippen molar-refractivity contribution in [2.75, 3.05) is 5.32 Å². The van der Waals surface area contributed by atoms with Gasteiger partial charge in [-0.05, 0) is 42.2 Å². The van der Waals surface area contributed by atoms with Gasteiger partial charge in [0.05, 0.1) is 6.54 Å². The van der Waals surface area contributed by atoms with Gasteiger partial charge in [-0.15, -0.1) is 10.2 Å². The molecule has 0 fully saturated rings. The summed E-state index contributed by atoms with van der Waals surface area (Å²) in [6, 6.07) is 16.4. The van der Waals surface area contributed by atoms with Crippen molar-refractivity contribution in [2.45, 2.75) is 33.2 Å². The van der Waals surface area contributed by atoms with Crippen molar-refractivity contribution in [2.24, 2.45) is 0 Å². The molecule has 3 aromatic rings. The van der Waals surface area contributed by atoms with Crippen molar-refractivity contribution in [1.29, 1.82) is 0 Å². The summed E-state index contributed by atoms with van der Waals surface area (Å²) in [5.74, 6) is 1.68. The van der Waals surface area contributed by atoms with Gasteiger partial charge >= 0.3 is 0 Å². The van der Waals surface area contributed by atoms with Crippen molar-refractivity contribution in [3.63, 3.8) is 0 Å². The number of hydrogen-bond acceptors (Lipinski definition) is 4. The predicted octanol–water partition coefficient (Wildman–Crippen LogP) is 4.78. The van der Waals surface area contributed by atoms with E-state index in [-0.39, 0.29) is 0 Å². The lowest BCUT2D eigenvalue weighted by Crippen LogP contribution is -2.00. The number of nitrogens with zero attached hydrogens (tertiary/aromatic N) is 2. The molecular formula is C19H21N3O. The molecule has 2 aromatic carbocycles. The second-order valence-electron chi connectivity index (χ2n) is 5.95. The number of aryl methyl sites for hydroxylation is 1. The minimum absolute atomic E-state index is 0.514. The molecule has 0 bridgehead atoms. The highest BCUT2D eigenvalue weighted by atomic mass is 16.4. The molecule has 0 amide bonds. The first-order valence-corrected chi connectivity index (χ1v) is 7.85. The molecule has 3 rings (SSSR count). The Kier molecular flexibility index (Phi) is 4.42. The van der Waals surface area contributed by atoms with Crippen LogP contribution in [0.5, 0.6) is 0 Å². The lowest BCUT2D eigenvalue weighted by molar-refractivity contribution is 0.514. The van der Waals surface area contributed by atoms with Crippen LogP contribution in [-0.2, 0) is 6.54 Å². The maximum absolute atomic E-state index is 5.75. The molecule has 0 atom stereocenters. The van der Waals surface area contributed by atoms with Gasteiger partial charge in [0.2, 0.25) is 11.8 Å². The summed E-state index contributed by atoms with van der Waals surface area (Å²) in [5, 5.41) is 11.6. The molecule has 1 N–H and O–H groups in total. The van der Waals surface area contributed by atoms with Gasteiger partial charge < -0.3 is 9.73 Å². The third-order valence-electron chi connectivity index (χ3n) is 3.86. The maximum atomic E-state index is 5.75. The average Bonchev–Trinajstić information content (AvgIpc) is 3.02. The van der Waals surface area contributed by atoms with Crippen LogP contribution in [0.1, 0.15) is 36.8 Å². The van der Waals surface area contributed by atoms with Crippen LogP contribution in [0.15, 0.2) is 52.9 Å². The Morgan fingerprint density at radius 3 is 2.43 bits per heavy atom. The molecule has 4 heteroatoms. The first-order valence-electron chi connectivity index (χ1n) is 7.85. The quantitative estimate of drug-likeness (QED) is 0.737. The van der Waals surface area contributed by atoms with Crippen molar-refractivity contribution in [3.05, 3.63) is 65.5 Å². The van der Waals surface area contributed by atoms with Crippen LogP contribution < -0.4 is 5.32 Å². The number of hydrogen-bond donors (Lipinski definition) is 1. The number of nitrogens with one attached hydrogen (secondary N) is 1. The van der Waals surface area contributed by atoms with E-state index in [0.717, 1.165) is 16.8 Å². The number of anilines is 1. The Labute approximate surface area is 136 Å². The van der Waals surface area contributed by atoms with Crippen LogP contribution in [0.3, 0.4) is 0 Å². The normalized spacial score (nSPS) is 11.0. The molecule has 0 saturated carbocycles. The van der Waals surface area contributed by atoms with E-state index in [9.17, 15) is 0 Å². The second kappa shape index (κ2) is 6.65. The lowest BCUT2D eigenvalue weighted by Gasteiger charge is -2.07. The van der Waals surface area contributed by atoms with Crippen molar-refractivity contribution in [3.8, 4) is 11.5 Å². The topological polar surface area (TPSA) is 51.0 Å². The zero-order valence-electron chi connectivity index (χ0n) is 13.7. The van der Waals surface area contributed by atoms with Crippen LogP contribution in [0.25, 0.3) is 11.5 Å². The fourth-order valence-electron chi connectivity index (χ4n) is 2.41. The van der Waals surface area contributed by atoms with Crippen molar-refractivity contribution < 1.29 is 4.42 Å². The molecule has 1 heterocycles. The monoisotopic (exact) mass is 307 g/mol. The first-order chi connectivity index (χ1) is 11.1. The predicted molar refractivity (Wildman–Crippen MR) is 92.3 cm³/mol. The summed E-state index contributed by atoms with van der Waals surface area (Å²) in [4.78, 5) is 0. The molecule has 0 spiro atoms. The summed E-state index contributed by atoms with van der Waals surface area (Å²) in [6.07, 6.45) is 0. The minimum Gasteiger partial charge on any atom is -0.419 e. The first kappa shape index (κ1) is 15.3. The van der Waals surface area contributed by atoms with E-state index in [2.05, 4.69) is 53.6 Å². The van der Waals surface area contributed by atoms with Crippen LogP contribution in [-0.4, -0.2) is 10.2 Å². The number of rotatable bonds is 5. The minimum atomic E-state index is 0.514. The van der Waals surface area contributed by atoms with E-state index in [1.54, 1.807) is 0 Å². The summed E-state index contributed by atoms with van der Waals surface area (Å²) < 4.78 is 5.75. The third-order valence-corrected chi connectivity index (χ3v) is 3.86. The molecule has 0 radical (unpaired) electrons. The highest BCUT2D eigenvalue weighted by Crippen LogP contribution is 2.22. The van der Waals surface area contributed by atoms with Gasteiger partial charge in [-0.2, -0.15) is 0 Å². The highest BCUT2D eigenvalue weighted by Gasteiger charge is 2.10. The van der Waals surface area contributed by atoms with E-state index >= 15 is 0 Å². The van der Waals surface area contributed by atoms with Gasteiger partial charge in [0.15, 0.2) is 0 Å². The Bertz CT molecular complexity index is 775. The smallest absolute Gasteiger partial charge is 0.248 e. The van der Waals surface area contributed by atoms with E-state index in [1.807, 2.05) is 31.2 Å². The van der Waals surface area contributed by atoms with E-state index in [0.29, 0.717) is 24.2 Å². The Hall–Kier alpha value is -2.62. The van der Waals surface area contributed by atoms with Crippen LogP contribution >= 0.6 is 0 Å². The summed E-state index contributed by atoms with van der Waals surface area (Å²) in [6.45, 7) is 6.93. The SMILES string of the molecule is Cc1ccccc1-c1nnc(CNc2ccc(C(C)C)cc2)o1. The number of aromatic nitrogens is 2. The largest absolute Gasteiger partial charge is 0.419 e. The third kappa shape index (κ3) is 3.59. The molecule has 0 aliphatic carbocycles. The molecule has 118 valence electrons. The highest BCUT2D eigenvalue weighted by molar-refractivity contribution is 5.57. The van der Waals surface area contributed by atoms with Gasteiger partial charge in [-0.3, -0.25) is 0 Å².